The van der Waals surface area contributed by atoms with Gasteiger partial charge in [0.05, 0.1) is 17.0 Å². The molecule has 39 heavy (non-hydrogen) atoms. The van der Waals surface area contributed by atoms with Crippen LogP contribution in [0.1, 0.15) is 56.2 Å². The zero-order valence-electron chi connectivity index (χ0n) is 22.7. The molecule has 3 N–H and O–H groups in total. The highest BCUT2D eigenvalue weighted by molar-refractivity contribution is 9.10. The van der Waals surface area contributed by atoms with Crippen LogP contribution < -0.4 is 20.5 Å². The number of allylic oxidation sites excluding steroid dienone is 3. The quantitative estimate of drug-likeness (QED) is 0.407. The summed E-state index contributed by atoms with van der Waals surface area (Å²) in [5.74, 6) is 0.0887. The second kappa shape index (κ2) is 11.1. The minimum absolute atomic E-state index is 0.00988. The lowest BCUT2D eigenvalue weighted by Crippen LogP contribution is -2.33. The lowest BCUT2D eigenvalue weighted by atomic mass is 9.70. The first-order valence-corrected chi connectivity index (χ1v) is 13.5. The number of carbonyl (C=O) groups is 2. The molecule has 1 unspecified atom stereocenters. The molecular formula is C30H32BrN3O5. The number of para-hydroxylation sites is 1. The molecule has 1 heterocycles. The van der Waals surface area contributed by atoms with Crippen LogP contribution >= 0.6 is 15.9 Å². The Labute approximate surface area is 236 Å². The van der Waals surface area contributed by atoms with Crippen molar-refractivity contribution in [1.29, 1.82) is 5.26 Å². The Bertz CT molecular complexity index is 1430. The number of carbonyl (C=O) groups excluding carboxylic acids is 2. The highest BCUT2D eigenvalue weighted by Gasteiger charge is 2.43. The molecule has 0 saturated carbocycles. The van der Waals surface area contributed by atoms with Crippen molar-refractivity contribution >= 4 is 33.3 Å². The summed E-state index contributed by atoms with van der Waals surface area (Å²) in [6.07, 6.45) is 0.862. The number of rotatable bonds is 7. The molecule has 2 aromatic rings. The minimum atomic E-state index is -0.709. The van der Waals surface area contributed by atoms with Gasteiger partial charge in [-0.3, -0.25) is 9.59 Å². The molecule has 2 aromatic carbocycles. The standard InChI is InChI=1S/C30H32BrN3O5/c1-6-37-22-11-18(25-19(14-32)29(33)39-23-13-30(4,5)12-21(35)26(23)25)10-20(31)28(22)38-15-24(36)34-27-16(2)8-7-9-17(27)3/h7-11,25H,6,12-13,15,33H2,1-5H3,(H,34,36). The van der Waals surface area contributed by atoms with Gasteiger partial charge >= 0.3 is 0 Å². The van der Waals surface area contributed by atoms with Crippen molar-refractivity contribution in [2.45, 2.75) is 53.4 Å². The van der Waals surface area contributed by atoms with Crippen LogP contribution in [0.5, 0.6) is 11.5 Å². The molecule has 204 valence electrons. The molecule has 0 bridgehead atoms. The summed E-state index contributed by atoms with van der Waals surface area (Å²) in [5, 5.41) is 12.9. The van der Waals surface area contributed by atoms with Gasteiger partial charge in [0.25, 0.3) is 5.91 Å². The second-order valence-electron chi connectivity index (χ2n) is 10.6. The fourth-order valence-electron chi connectivity index (χ4n) is 5.10. The molecule has 0 spiro atoms. The molecule has 0 fully saturated rings. The Morgan fingerprint density at radius 3 is 2.56 bits per heavy atom. The lowest BCUT2D eigenvalue weighted by Gasteiger charge is -2.37. The smallest absolute Gasteiger partial charge is 0.262 e. The van der Waals surface area contributed by atoms with Gasteiger partial charge in [0.1, 0.15) is 17.4 Å². The molecule has 2 aliphatic rings. The summed E-state index contributed by atoms with van der Waals surface area (Å²) in [7, 11) is 0. The van der Waals surface area contributed by atoms with Crippen LogP contribution in [0.25, 0.3) is 0 Å². The van der Waals surface area contributed by atoms with E-state index in [0.29, 0.717) is 52.3 Å². The third-order valence-corrected chi connectivity index (χ3v) is 7.42. The van der Waals surface area contributed by atoms with E-state index in [-0.39, 0.29) is 35.2 Å². The zero-order chi connectivity index (χ0) is 28.5. The van der Waals surface area contributed by atoms with Crippen LogP contribution in [-0.4, -0.2) is 24.9 Å². The first kappa shape index (κ1) is 28.2. The van der Waals surface area contributed by atoms with Gasteiger partial charge in [0.15, 0.2) is 23.9 Å². The average Bonchev–Trinajstić information content (AvgIpc) is 2.84. The van der Waals surface area contributed by atoms with Gasteiger partial charge in [-0.25, -0.2) is 0 Å². The second-order valence-corrected chi connectivity index (χ2v) is 11.4. The number of nitrogens with one attached hydrogen (secondary N) is 1. The number of halogens is 1. The van der Waals surface area contributed by atoms with Gasteiger partial charge in [-0.05, 0) is 70.9 Å². The van der Waals surface area contributed by atoms with E-state index in [9.17, 15) is 14.9 Å². The number of ether oxygens (including phenoxy) is 3. The molecule has 1 aliphatic heterocycles. The third-order valence-electron chi connectivity index (χ3n) is 6.83. The molecule has 1 aliphatic carbocycles. The fraction of sp³-hybridized carbons (Fsp3) is 0.367. The average molecular weight is 595 g/mol. The topological polar surface area (TPSA) is 124 Å². The SMILES string of the molecule is CCOc1cc(C2C(C#N)=C(N)OC3=C2C(=O)CC(C)(C)C3)cc(Br)c1OCC(=O)Nc1c(C)cccc1C. The summed E-state index contributed by atoms with van der Waals surface area (Å²) >= 11 is 3.55. The summed E-state index contributed by atoms with van der Waals surface area (Å²) in [6, 6.07) is 11.4. The van der Waals surface area contributed by atoms with Crippen molar-refractivity contribution in [2.24, 2.45) is 11.1 Å². The van der Waals surface area contributed by atoms with Crippen molar-refractivity contribution < 1.29 is 23.8 Å². The predicted octanol–water partition coefficient (Wildman–Crippen LogP) is 5.93. The number of nitrogens with zero attached hydrogens (tertiary/aromatic N) is 1. The summed E-state index contributed by atoms with van der Waals surface area (Å²) in [4.78, 5) is 26.1. The third kappa shape index (κ3) is 5.81. The lowest BCUT2D eigenvalue weighted by molar-refractivity contribution is -0.119. The van der Waals surface area contributed by atoms with Crippen LogP contribution in [0.2, 0.25) is 0 Å². The van der Waals surface area contributed by atoms with Crippen LogP contribution in [0.15, 0.2) is 57.6 Å². The maximum atomic E-state index is 13.3. The van der Waals surface area contributed by atoms with Gasteiger partial charge in [0, 0.05) is 24.1 Å². The zero-order valence-corrected chi connectivity index (χ0v) is 24.3. The van der Waals surface area contributed by atoms with Crippen LogP contribution in [0, 0.1) is 30.6 Å². The Hall–Kier alpha value is -3.77. The van der Waals surface area contributed by atoms with E-state index < -0.39 is 5.92 Å². The number of amides is 1. The number of hydrogen-bond acceptors (Lipinski definition) is 7. The molecule has 1 amide bonds. The van der Waals surface area contributed by atoms with E-state index in [2.05, 4.69) is 27.3 Å². The molecule has 4 rings (SSSR count). The molecule has 0 saturated heterocycles. The molecule has 9 heteroatoms. The van der Waals surface area contributed by atoms with Crippen LogP contribution in [0.4, 0.5) is 5.69 Å². The van der Waals surface area contributed by atoms with E-state index >= 15 is 0 Å². The molecular weight excluding hydrogens is 562 g/mol. The van der Waals surface area contributed by atoms with E-state index in [4.69, 9.17) is 19.9 Å². The summed E-state index contributed by atoms with van der Waals surface area (Å²) in [6.45, 7) is 9.77. The number of nitrogens with two attached hydrogens (primary N) is 1. The first-order chi connectivity index (χ1) is 18.5. The van der Waals surface area contributed by atoms with E-state index in [0.717, 1.165) is 16.8 Å². The Morgan fingerprint density at radius 2 is 1.92 bits per heavy atom. The minimum Gasteiger partial charge on any atom is -0.490 e. The maximum Gasteiger partial charge on any atom is 0.262 e. The Balaban J connectivity index is 1.68. The van der Waals surface area contributed by atoms with Crippen molar-refractivity contribution in [3.05, 3.63) is 74.3 Å². The van der Waals surface area contributed by atoms with Gasteiger partial charge in [0.2, 0.25) is 5.88 Å². The van der Waals surface area contributed by atoms with Crippen molar-refractivity contribution in [2.75, 3.05) is 18.5 Å². The summed E-state index contributed by atoms with van der Waals surface area (Å²) in [5.41, 5.74) is 9.78. The number of nitriles is 1. The van der Waals surface area contributed by atoms with E-state index in [1.165, 1.54) is 0 Å². The highest BCUT2D eigenvalue weighted by atomic mass is 79.9. The molecule has 0 aromatic heterocycles. The number of anilines is 1. The summed E-state index contributed by atoms with van der Waals surface area (Å²) < 4.78 is 18.1. The van der Waals surface area contributed by atoms with Crippen LogP contribution in [0.3, 0.4) is 0 Å². The van der Waals surface area contributed by atoms with Crippen molar-refractivity contribution in [3.63, 3.8) is 0 Å². The van der Waals surface area contributed by atoms with Crippen LogP contribution in [-0.2, 0) is 14.3 Å². The van der Waals surface area contributed by atoms with E-state index in [1.807, 2.05) is 52.8 Å². The van der Waals surface area contributed by atoms with Gasteiger partial charge in [-0.1, -0.05) is 32.0 Å². The first-order valence-electron chi connectivity index (χ1n) is 12.7. The number of Topliss-reactive ketones (excluding diaryl/α,β-unsaturated/α-hetero) is 1. The Kier molecular flexibility index (Phi) is 8.07. The molecule has 1 atom stereocenters. The molecule has 0 radical (unpaired) electrons. The van der Waals surface area contributed by atoms with Gasteiger partial charge < -0.3 is 25.3 Å². The largest absolute Gasteiger partial charge is 0.490 e. The normalized spacial score (nSPS) is 18.2. The van der Waals surface area contributed by atoms with Gasteiger partial charge in [-0.15, -0.1) is 0 Å². The molecule has 8 nitrogen and oxygen atoms in total. The van der Waals surface area contributed by atoms with Crippen molar-refractivity contribution in [1.82, 2.24) is 0 Å². The maximum absolute atomic E-state index is 13.3. The number of hydrogen-bond donors (Lipinski definition) is 2. The monoisotopic (exact) mass is 593 g/mol. The van der Waals surface area contributed by atoms with E-state index in [1.54, 1.807) is 12.1 Å². The van der Waals surface area contributed by atoms with Gasteiger partial charge in [-0.2, -0.15) is 5.26 Å². The number of aryl methyl sites for hydroxylation is 2. The fourth-order valence-corrected chi connectivity index (χ4v) is 5.67. The number of ketones is 1. The number of benzene rings is 2. The highest BCUT2D eigenvalue weighted by Crippen LogP contribution is 2.50. The van der Waals surface area contributed by atoms with Crippen molar-refractivity contribution in [3.8, 4) is 17.6 Å². The predicted molar refractivity (Wildman–Crippen MR) is 151 cm³/mol. The Morgan fingerprint density at radius 1 is 1.23 bits per heavy atom.